The Balaban J connectivity index is 2.85. The van der Waals surface area contributed by atoms with Crippen LogP contribution in [-0.2, 0) is 9.53 Å². The molecule has 1 aliphatic heterocycles. The van der Waals surface area contributed by atoms with Crippen LogP contribution in [0.3, 0.4) is 0 Å². The van der Waals surface area contributed by atoms with Crippen LogP contribution in [0.4, 0.5) is 0 Å². The van der Waals surface area contributed by atoms with E-state index in [2.05, 4.69) is 0 Å². The molecule has 0 saturated carbocycles. The third-order valence-electron chi connectivity index (χ3n) is 2.27. The fourth-order valence-corrected chi connectivity index (χ4v) is 0.917. The third kappa shape index (κ3) is 0.814. The Labute approximate surface area is 60.0 Å². The monoisotopic (exact) mass is 144 g/mol. The minimum Gasteiger partial charge on any atom is -0.460 e. The maximum atomic E-state index is 10.7. The number of esters is 1. The van der Waals surface area contributed by atoms with Crippen molar-refractivity contribution in [3.63, 3.8) is 0 Å². The van der Waals surface area contributed by atoms with E-state index in [0.717, 1.165) is 0 Å². The Morgan fingerprint density at radius 3 is 2.20 bits per heavy atom. The Morgan fingerprint density at radius 2 is 2.10 bits per heavy atom. The number of aliphatic hydroxyl groups excluding tert-OH is 1. The molecule has 2 atom stereocenters. The van der Waals surface area contributed by atoms with Crippen molar-refractivity contribution in [3.8, 4) is 0 Å². The summed E-state index contributed by atoms with van der Waals surface area (Å²) in [6.45, 7) is 5.41. The Kier molecular flexibility index (Phi) is 1.47. The fourth-order valence-electron chi connectivity index (χ4n) is 0.917. The van der Waals surface area contributed by atoms with Gasteiger partial charge in [0.15, 0.2) is 6.10 Å². The summed E-state index contributed by atoms with van der Waals surface area (Å²) in [5.41, 5.74) is -0.433. The van der Waals surface area contributed by atoms with Gasteiger partial charge in [-0.1, -0.05) is 13.8 Å². The maximum Gasteiger partial charge on any atom is 0.335 e. The second-order valence-electron chi connectivity index (χ2n) is 3.30. The summed E-state index contributed by atoms with van der Waals surface area (Å²) in [5.74, 6) is -0.502. The predicted molar refractivity (Wildman–Crippen MR) is 35.3 cm³/mol. The molecule has 58 valence electrons. The molecule has 1 N–H and O–H groups in total. The lowest BCUT2D eigenvalue weighted by molar-refractivity contribution is -0.146. The van der Waals surface area contributed by atoms with E-state index in [1.54, 1.807) is 6.92 Å². The van der Waals surface area contributed by atoms with Crippen molar-refractivity contribution in [3.05, 3.63) is 0 Å². The van der Waals surface area contributed by atoms with Crippen LogP contribution in [0, 0.1) is 5.41 Å². The van der Waals surface area contributed by atoms with E-state index in [9.17, 15) is 9.90 Å². The first-order valence-electron chi connectivity index (χ1n) is 3.35. The molecule has 0 radical (unpaired) electrons. The van der Waals surface area contributed by atoms with Crippen LogP contribution in [0.2, 0.25) is 0 Å². The van der Waals surface area contributed by atoms with Gasteiger partial charge in [0.25, 0.3) is 0 Å². The number of carbonyl (C=O) groups is 1. The zero-order chi connectivity index (χ0) is 7.94. The van der Waals surface area contributed by atoms with Gasteiger partial charge in [-0.05, 0) is 6.92 Å². The first-order chi connectivity index (χ1) is 4.46. The van der Waals surface area contributed by atoms with Crippen LogP contribution in [0.5, 0.6) is 0 Å². The lowest BCUT2D eigenvalue weighted by atomic mass is 9.84. The minimum atomic E-state index is -0.956. The molecule has 2 unspecified atom stereocenters. The first-order valence-corrected chi connectivity index (χ1v) is 3.35. The molecule has 1 rings (SSSR count). The molecule has 0 spiro atoms. The summed E-state index contributed by atoms with van der Waals surface area (Å²) in [5, 5.41) is 9.22. The van der Waals surface area contributed by atoms with Crippen molar-refractivity contribution in [1.82, 2.24) is 0 Å². The van der Waals surface area contributed by atoms with Gasteiger partial charge in [0, 0.05) is 5.41 Å². The summed E-state index contributed by atoms with van der Waals surface area (Å²) < 4.78 is 4.80. The highest BCUT2D eigenvalue weighted by Crippen LogP contribution is 2.34. The zero-order valence-corrected chi connectivity index (χ0v) is 6.42. The topological polar surface area (TPSA) is 46.5 Å². The number of cyclic esters (lactones) is 1. The molecule has 0 bridgehead atoms. The Hall–Kier alpha value is -0.570. The minimum absolute atomic E-state index is 0.185. The van der Waals surface area contributed by atoms with E-state index in [0.29, 0.717) is 0 Å². The van der Waals surface area contributed by atoms with Crippen molar-refractivity contribution < 1.29 is 14.6 Å². The average Bonchev–Trinajstić information content (AvgIpc) is 1.97. The van der Waals surface area contributed by atoms with Crippen molar-refractivity contribution >= 4 is 5.97 Å². The smallest absolute Gasteiger partial charge is 0.335 e. The molecule has 1 aliphatic rings. The predicted octanol–water partition coefficient (Wildman–Crippen LogP) is 0.319. The van der Waals surface area contributed by atoms with E-state index in [1.807, 2.05) is 13.8 Å². The first kappa shape index (κ1) is 7.54. The average molecular weight is 144 g/mol. The van der Waals surface area contributed by atoms with E-state index < -0.39 is 17.5 Å². The van der Waals surface area contributed by atoms with Gasteiger partial charge in [0.2, 0.25) is 0 Å². The number of ether oxygens (including phenoxy) is 1. The van der Waals surface area contributed by atoms with Gasteiger partial charge in [0.1, 0.15) is 6.10 Å². The molecule has 0 aromatic carbocycles. The summed E-state index contributed by atoms with van der Waals surface area (Å²) in [6, 6.07) is 0. The highest BCUT2D eigenvalue weighted by Gasteiger charge is 2.47. The number of hydrogen-bond acceptors (Lipinski definition) is 3. The van der Waals surface area contributed by atoms with Crippen molar-refractivity contribution in [1.29, 1.82) is 0 Å². The van der Waals surface area contributed by atoms with Gasteiger partial charge in [-0.2, -0.15) is 0 Å². The molecular formula is C7H12O3. The highest BCUT2D eigenvalue weighted by atomic mass is 16.6. The summed E-state index contributed by atoms with van der Waals surface area (Å²) in [7, 11) is 0. The standard InChI is InChI=1S/C7H12O3/c1-4-7(2,3)5(8)6(9)10-4/h4-5,8H,1-3H3. The van der Waals surface area contributed by atoms with Crippen LogP contribution in [0.25, 0.3) is 0 Å². The molecule has 3 nitrogen and oxygen atoms in total. The molecule has 10 heavy (non-hydrogen) atoms. The quantitative estimate of drug-likeness (QED) is 0.498. The Bertz CT molecular complexity index is 162. The molecule has 1 heterocycles. The fraction of sp³-hybridized carbons (Fsp3) is 0.857. The van der Waals surface area contributed by atoms with Gasteiger partial charge in [-0.3, -0.25) is 0 Å². The lowest BCUT2D eigenvalue weighted by Gasteiger charge is -2.21. The molecule has 1 fully saturated rings. The summed E-state index contributed by atoms with van der Waals surface area (Å²) in [6.07, 6.45) is -1.14. The number of hydrogen-bond donors (Lipinski definition) is 1. The second kappa shape index (κ2) is 1.95. The number of rotatable bonds is 0. The van der Waals surface area contributed by atoms with Crippen LogP contribution in [0.1, 0.15) is 20.8 Å². The van der Waals surface area contributed by atoms with Gasteiger partial charge < -0.3 is 9.84 Å². The lowest BCUT2D eigenvalue weighted by Crippen LogP contribution is -2.32. The second-order valence-corrected chi connectivity index (χ2v) is 3.30. The molecule has 0 amide bonds. The van der Waals surface area contributed by atoms with Gasteiger partial charge in [-0.15, -0.1) is 0 Å². The highest BCUT2D eigenvalue weighted by molar-refractivity contribution is 5.78. The Morgan fingerprint density at radius 1 is 1.60 bits per heavy atom. The number of carbonyl (C=O) groups excluding carboxylic acids is 1. The normalized spacial score (nSPS) is 37.8. The van der Waals surface area contributed by atoms with E-state index in [1.165, 1.54) is 0 Å². The molecular weight excluding hydrogens is 132 g/mol. The van der Waals surface area contributed by atoms with Crippen molar-refractivity contribution in [2.45, 2.75) is 33.0 Å². The summed E-state index contributed by atoms with van der Waals surface area (Å²) >= 11 is 0. The summed E-state index contributed by atoms with van der Waals surface area (Å²) in [4.78, 5) is 10.7. The largest absolute Gasteiger partial charge is 0.460 e. The molecule has 1 saturated heterocycles. The maximum absolute atomic E-state index is 10.7. The SMILES string of the molecule is CC1OC(=O)C(O)C1(C)C. The number of aliphatic hydroxyl groups is 1. The molecule has 3 heteroatoms. The molecule has 0 aromatic heterocycles. The molecule has 0 aromatic rings. The van der Waals surface area contributed by atoms with Crippen LogP contribution < -0.4 is 0 Å². The van der Waals surface area contributed by atoms with Crippen molar-refractivity contribution in [2.75, 3.05) is 0 Å². The molecule has 0 aliphatic carbocycles. The van der Waals surface area contributed by atoms with Crippen LogP contribution in [-0.4, -0.2) is 23.3 Å². The third-order valence-corrected chi connectivity index (χ3v) is 2.27. The van der Waals surface area contributed by atoms with E-state index >= 15 is 0 Å². The van der Waals surface area contributed by atoms with Crippen LogP contribution in [0.15, 0.2) is 0 Å². The van der Waals surface area contributed by atoms with E-state index in [-0.39, 0.29) is 6.10 Å². The van der Waals surface area contributed by atoms with Gasteiger partial charge in [-0.25, -0.2) is 4.79 Å². The van der Waals surface area contributed by atoms with Crippen LogP contribution >= 0.6 is 0 Å². The zero-order valence-electron chi connectivity index (χ0n) is 6.42. The van der Waals surface area contributed by atoms with Crippen molar-refractivity contribution in [2.24, 2.45) is 5.41 Å². The van der Waals surface area contributed by atoms with E-state index in [4.69, 9.17) is 4.74 Å². The van der Waals surface area contributed by atoms with Gasteiger partial charge >= 0.3 is 5.97 Å². The van der Waals surface area contributed by atoms with Gasteiger partial charge in [0.05, 0.1) is 0 Å².